The lowest BCUT2D eigenvalue weighted by molar-refractivity contribution is -0.138. The number of rotatable bonds is 2. The van der Waals surface area contributed by atoms with Crippen LogP contribution in [-0.4, -0.2) is 33.9 Å². The molecule has 0 bridgehead atoms. The van der Waals surface area contributed by atoms with Gasteiger partial charge in [-0.3, -0.25) is 9.78 Å². The van der Waals surface area contributed by atoms with Crippen LogP contribution in [0, 0.1) is 0 Å². The number of hydrogen-bond donors (Lipinski definition) is 1. The smallest absolute Gasteiger partial charge is 0.349 e. The predicted octanol–water partition coefficient (Wildman–Crippen LogP) is 5.36. The zero-order chi connectivity index (χ0) is 19.9. The van der Waals surface area contributed by atoms with Gasteiger partial charge in [0.2, 0.25) is 0 Å². The third-order valence-corrected chi connectivity index (χ3v) is 5.59. The summed E-state index contributed by atoms with van der Waals surface area (Å²) >= 11 is 3.35. The van der Waals surface area contributed by atoms with Crippen LogP contribution in [0.2, 0.25) is 0 Å². The van der Waals surface area contributed by atoms with Crippen LogP contribution in [0.3, 0.4) is 0 Å². The number of likely N-dealkylation sites (tertiary alicyclic amines) is 1. The highest BCUT2D eigenvalue weighted by molar-refractivity contribution is 9.10. The number of carbonyl (C=O) groups is 1. The van der Waals surface area contributed by atoms with Crippen molar-refractivity contribution in [2.75, 3.05) is 13.1 Å². The standard InChI is InChI=1S/C20H17BrF3N3O/c21-13-9-17-16(25-11-13)10-18(26-17)19(28)27-7-5-12(6-8-27)14-3-1-2-4-15(14)20(22,23)24/h1-4,9-12,26H,5-8H2. The first kappa shape index (κ1) is 19.0. The number of aromatic amines is 1. The summed E-state index contributed by atoms with van der Waals surface area (Å²) in [5, 5.41) is 0. The van der Waals surface area contributed by atoms with Crippen LogP contribution in [-0.2, 0) is 6.18 Å². The molecule has 1 saturated heterocycles. The SMILES string of the molecule is O=C(c1cc2ncc(Br)cc2[nH]1)N1CCC(c2ccccc2C(F)(F)F)CC1. The molecule has 2 aromatic heterocycles. The Morgan fingerprint density at radius 2 is 1.89 bits per heavy atom. The van der Waals surface area contributed by atoms with Crippen LogP contribution in [0.5, 0.6) is 0 Å². The largest absolute Gasteiger partial charge is 0.416 e. The fraction of sp³-hybridized carbons (Fsp3) is 0.300. The van der Waals surface area contributed by atoms with Gasteiger partial charge in [-0.2, -0.15) is 13.2 Å². The molecule has 0 radical (unpaired) electrons. The molecule has 1 N–H and O–H groups in total. The lowest BCUT2D eigenvalue weighted by atomic mass is 9.86. The van der Waals surface area contributed by atoms with Gasteiger partial charge in [-0.15, -0.1) is 0 Å². The molecule has 146 valence electrons. The molecule has 3 heterocycles. The number of nitrogens with zero attached hydrogens (tertiary/aromatic N) is 2. The summed E-state index contributed by atoms with van der Waals surface area (Å²) < 4.78 is 40.7. The quantitative estimate of drug-likeness (QED) is 0.569. The maximum atomic E-state index is 13.3. The molecule has 1 aliphatic rings. The van der Waals surface area contributed by atoms with Crippen molar-refractivity contribution in [3.8, 4) is 0 Å². The Labute approximate surface area is 167 Å². The first-order valence-corrected chi connectivity index (χ1v) is 9.72. The Balaban J connectivity index is 1.49. The van der Waals surface area contributed by atoms with E-state index in [1.54, 1.807) is 29.3 Å². The molecule has 1 amide bonds. The van der Waals surface area contributed by atoms with Crippen molar-refractivity contribution < 1.29 is 18.0 Å². The molecule has 0 spiro atoms. The van der Waals surface area contributed by atoms with Crippen molar-refractivity contribution in [1.82, 2.24) is 14.9 Å². The normalized spacial score (nSPS) is 15.9. The summed E-state index contributed by atoms with van der Waals surface area (Å²) in [5.74, 6) is -0.362. The number of H-pyrrole nitrogens is 1. The average molecular weight is 452 g/mol. The summed E-state index contributed by atoms with van der Waals surface area (Å²) in [7, 11) is 0. The van der Waals surface area contributed by atoms with Crippen molar-refractivity contribution in [3.63, 3.8) is 0 Å². The maximum absolute atomic E-state index is 13.3. The number of halogens is 4. The van der Waals surface area contributed by atoms with Gasteiger partial charge >= 0.3 is 6.18 Å². The number of carbonyl (C=O) groups excluding carboxylic acids is 1. The Morgan fingerprint density at radius 3 is 2.61 bits per heavy atom. The lowest BCUT2D eigenvalue weighted by Crippen LogP contribution is -2.38. The highest BCUT2D eigenvalue weighted by Gasteiger charge is 2.36. The molecular weight excluding hydrogens is 435 g/mol. The van der Waals surface area contributed by atoms with E-state index < -0.39 is 11.7 Å². The molecule has 3 aromatic rings. The number of piperidine rings is 1. The van der Waals surface area contributed by atoms with Gasteiger partial charge in [0.15, 0.2) is 0 Å². The molecule has 0 atom stereocenters. The highest BCUT2D eigenvalue weighted by Crippen LogP contribution is 2.38. The number of pyridine rings is 1. The van der Waals surface area contributed by atoms with Crippen molar-refractivity contribution in [2.24, 2.45) is 0 Å². The third kappa shape index (κ3) is 3.65. The molecule has 8 heteroatoms. The first-order valence-electron chi connectivity index (χ1n) is 8.92. The number of fused-ring (bicyclic) bond motifs is 1. The van der Waals surface area contributed by atoms with E-state index in [1.807, 2.05) is 6.07 Å². The maximum Gasteiger partial charge on any atom is 0.416 e. The Bertz CT molecular complexity index is 1020. The summed E-state index contributed by atoms with van der Waals surface area (Å²) in [4.78, 5) is 21.8. The molecule has 0 unspecified atom stereocenters. The van der Waals surface area contributed by atoms with Gasteiger partial charge in [0, 0.05) is 23.8 Å². The molecule has 28 heavy (non-hydrogen) atoms. The van der Waals surface area contributed by atoms with E-state index in [2.05, 4.69) is 25.9 Å². The van der Waals surface area contributed by atoms with E-state index in [-0.39, 0.29) is 11.8 Å². The summed E-state index contributed by atoms with van der Waals surface area (Å²) in [6, 6.07) is 9.27. The zero-order valence-electron chi connectivity index (χ0n) is 14.8. The summed E-state index contributed by atoms with van der Waals surface area (Å²) in [5.41, 5.74) is 1.64. The second-order valence-corrected chi connectivity index (χ2v) is 7.84. The number of aromatic nitrogens is 2. The topological polar surface area (TPSA) is 49.0 Å². The number of nitrogens with one attached hydrogen (secondary N) is 1. The fourth-order valence-corrected chi connectivity index (χ4v) is 4.10. The van der Waals surface area contributed by atoms with Gasteiger partial charge in [0.25, 0.3) is 5.91 Å². The monoisotopic (exact) mass is 451 g/mol. The minimum absolute atomic E-state index is 0.156. The van der Waals surface area contributed by atoms with Crippen molar-refractivity contribution in [2.45, 2.75) is 24.9 Å². The third-order valence-electron chi connectivity index (χ3n) is 5.15. The van der Waals surface area contributed by atoms with Gasteiger partial charge in [-0.25, -0.2) is 0 Å². The summed E-state index contributed by atoms with van der Waals surface area (Å²) in [6.45, 7) is 0.838. The minimum atomic E-state index is -4.37. The lowest BCUT2D eigenvalue weighted by Gasteiger charge is -2.33. The van der Waals surface area contributed by atoms with Crippen LogP contribution >= 0.6 is 15.9 Å². The number of amides is 1. The number of benzene rings is 1. The zero-order valence-corrected chi connectivity index (χ0v) is 16.3. The van der Waals surface area contributed by atoms with E-state index in [1.165, 1.54) is 6.07 Å². The molecule has 1 fully saturated rings. The van der Waals surface area contributed by atoms with Gasteiger partial charge < -0.3 is 9.88 Å². The van der Waals surface area contributed by atoms with Gasteiger partial charge in [0.1, 0.15) is 5.69 Å². The van der Waals surface area contributed by atoms with Crippen LogP contribution in [0.1, 0.15) is 40.4 Å². The van der Waals surface area contributed by atoms with Crippen LogP contribution in [0.25, 0.3) is 11.0 Å². The van der Waals surface area contributed by atoms with Crippen LogP contribution in [0.4, 0.5) is 13.2 Å². The second kappa shape index (κ2) is 7.24. The molecule has 0 aliphatic carbocycles. The van der Waals surface area contributed by atoms with E-state index >= 15 is 0 Å². The van der Waals surface area contributed by atoms with Gasteiger partial charge in [-0.1, -0.05) is 18.2 Å². The van der Waals surface area contributed by atoms with E-state index in [4.69, 9.17) is 0 Å². The van der Waals surface area contributed by atoms with E-state index in [0.717, 1.165) is 16.1 Å². The van der Waals surface area contributed by atoms with Crippen molar-refractivity contribution in [3.05, 3.63) is 63.9 Å². The average Bonchev–Trinajstić information content (AvgIpc) is 3.10. The molecule has 4 rings (SSSR count). The van der Waals surface area contributed by atoms with Gasteiger partial charge in [0.05, 0.1) is 16.6 Å². The highest BCUT2D eigenvalue weighted by atomic mass is 79.9. The first-order chi connectivity index (χ1) is 13.3. The van der Waals surface area contributed by atoms with Crippen LogP contribution < -0.4 is 0 Å². The molecule has 0 saturated carbocycles. The minimum Gasteiger partial charge on any atom is -0.349 e. The van der Waals surface area contributed by atoms with Crippen molar-refractivity contribution in [1.29, 1.82) is 0 Å². The molecule has 1 aromatic carbocycles. The number of hydrogen-bond acceptors (Lipinski definition) is 2. The fourth-order valence-electron chi connectivity index (χ4n) is 3.77. The molecule has 4 nitrogen and oxygen atoms in total. The van der Waals surface area contributed by atoms with E-state index in [0.29, 0.717) is 42.7 Å². The Morgan fingerprint density at radius 1 is 1.18 bits per heavy atom. The number of alkyl halides is 3. The van der Waals surface area contributed by atoms with Crippen LogP contribution in [0.15, 0.2) is 47.1 Å². The molecule has 1 aliphatic heterocycles. The van der Waals surface area contributed by atoms with E-state index in [9.17, 15) is 18.0 Å². The van der Waals surface area contributed by atoms with Crippen molar-refractivity contribution >= 4 is 32.9 Å². The summed E-state index contributed by atoms with van der Waals surface area (Å²) in [6.07, 6.45) is -1.70. The molecular formula is C20H17BrF3N3O. The second-order valence-electron chi connectivity index (χ2n) is 6.92. The Hall–Kier alpha value is -2.35. The predicted molar refractivity (Wildman–Crippen MR) is 103 cm³/mol. The van der Waals surface area contributed by atoms with Gasteiger partial charge in [-0.05, 0) is 58.5 Å². The Kier molecular flexibility index (Phi) is 4.91.